The van der Waals surface area contributed by atoms with E-state index in [9.17, 15) is 9.59 Å². The molecular formula is C26H36N2O4. The average Bonchev–Trinajstić information content (AvgIpc) is 2.82. The lowest BCUT2D eigenvalue weighted by molar-refractivity contribution is -0.141. The van der Waals surface area contributed by atoms with Crippen molar-refractivity contribution in [1.29, 1.82) is 0 Å². The molecule has 0 heterocycles. The molecule has 174 valence electrons. The van der Waals surface area contributed by atoms with Gasteiger partial charge in [0.15, 0.2) is 0 Å². The Bertz CT molecular complexity index is 823. The summed E-state index contributed by atoms with van der Waals surface area (Å²) in [6.45, 7) is 6.75. The zero-order valence-electron chi connectivity index (χ0n) is 19.7. The van der Waals surface area contributed by atoms with Crippen LogP contribution in [0, 0.1) is 0 Å². The van der Waals surface area contributed by atoms with Gasteiger partial charge in [-0.2, -0.15) is 0 Å². The van der Waals surface area contributed by atoms with Crippen molar-refractivity contribution in [3.05, 3.63) is 60.2 Å². The molecule has 32 heavy (non-hydrogen) atoms. The molecule has 6 heteroatoms. The Morgan fingerprint density at radius 3 is 2.25 bits per heavy atom. The lowest BCUT2D eigenvalue weighted by atomic mass is 10.1. The smallest absolute Gasteiger partial charge is 0.243 e. The van der Waals surface area contributed by atoms with Crippen molar-refractivity contribution in [2.75, 3.05) is 13.7 Å². The first-order valence-corrected chi connectivity index (χ1v) is 11.4. The van der Waals surface area contributed by atoms with Crippen LogP contribution in [0.3, 0.4) is 0 Å². The quantitative estimate of drug-likeness (QED) is 0.463. The number of carbonyl (C=O) groups is 2. The predicted molar refractivity (Wildman–Crippen MR) is 127 cm³/mol. The summed E-state index contributed by atoms with van der Waals surface area (Å²) in [5, 5.41) is 3.03. The van der Waals surface area contributed by atoms with E-state index in [1.54, 1.807) is 12.0 Å². The van der Waals surface area contributed by atoms with E-state index in [4.69, 9.17) is 9.47 Å². The number of benzene rings is 2. The molecule has 0 saturated heterocycles. The van der Waals surface area contributed by atoms with Gasteiger partial charge >= 0.3 is 0 Å². The molecule has 0 saturated carbocycles. The van der Waals surface area contributed by atoms with Crippen LogP contribution < -0.4 is 14.8 Å². The van der Waals surface area contributed by atoms with E-state index < -0.39 is 6.04 Å². The van der Waals surface area contributed by atoms with Crippen LogP contribution in [0.1, 0.15) is 52.0 Å². The van der Waals surface area contributed by atoms with E-state index >= 15 is 0 Å². The normalized spacial score (nSPS) is 12.5. The Kier molecular flexibility index (Phi) is 10.6. The zero-order chi connectivity index (χ0) is 23.3. The molecule has 0 bridgehead atoms. The Labute approximate surface area is 191 Å². The number of hydrogen-bond acceptors (Lipinski definition) is 4. The minimum Gasteiger partial charge on any atom is -0.497 e. The van der Waals surface area contributed by atoms with Gasteiger partial charge in [-0.25, -0.2) is 0 Å². The Morgan fingerprint density at radius 2 is 1.66 bits per heavy atom. The molecule has 0 aliphatic rings. The third-order valence-electron chi connectivity index (χ3n) is 5.45. The highest BCUT2D eigenvalue weighted by atomic mass is 16.5. The number of para-hydroxylation sites is 1. The fraction of sp³-hybridized carbons (Fsp3) is 0.462. The summed E-state index contributed by atoms with van der Waals surface area (Å²) in [5.74, 6) is 1.38. The van der Waals surface area contributed by atoms with Gasteiger partial charge in [-0.1, -0.05) is 44.2 Å². The van der Waals surface area contributed by atoms with Crippen LogP contribution in [-0.2, 0) is 16.1 Å². The molecule has 0 unspecified atom stereocenters. The molecule has 0 fully saturated rings. The largest absolute Gasteiger partial charge is 0.497 e. The summed E-state index contributed by atoms with van der Waals surface area (Å²) in [7, 11) is 1.62. The van der Waals surface area contributed by atoms with Gasteiger partial charge in [-0.15, -0.1) is 0 Å². The molecule has 6 nitrogen and oxygen atoms in total. The SMILES string of the molecule is CC[C@H](C)NC(=O)[C@H](CC)N(Cc1ccc(OC)cc1)C(=O)CCCOc1ccccc1. The van der Waals surface area contributed by atoms with Crippen molar-refractivity contribution in [2.45, 2.75) is 65.1 Å². The standard InChI is InChI=1S/C26H36N2O4/c1-5-20(3)27-26(30)24(6-2)28(19-21-14-16-22(31-4)17-15-21)25(29)13-10-18-32-23-11-8-7-9-12-23/h7-9,11-12,14-17,20,24H,5-6,10,13,18-19H2,1-4H3,(H,27,30)/t20-,24-/m0/s1. The number of amides is 2. The molecule has 0 spiro atoms. The fourth-order valence-electron chi connectivity index (χ4n) is 3.36. The van der Waals surface area contributed by atoms with Gasteiger partial charge in [0, 0.05) is 19.0 Å². The fourth-order valence-corrected chi connectivity index (χ4v) is 3.36. The summed E-state index contributed by atoms with van der Waals surface area (Å²) < 4.78 is 10.9. The predicted octanol–water partition coefficient (Wildman–Crippen LogP) is 4.58. The first kappa shape index (κ1) is 25.2. The monoisotopic (exact) mass is 440 g/mol. The van der Waals surface area contributed by atoms with Crippen molar-refractivity contribution in [2.24, 2.45) is 0 Å². The van der Waals surface area contributed by atoms with Gasteiger partial charge in [-0.3, -0.25) is 9.59 Å². The van der Waals surface area contributed by atoms with Gasteiger partial charge in [0.25, 0.3) is 0 Å². The lowest BCUT2D eigenvalue weighted by Crippen LogP contribution is -2.50. The van der Waals surface area contributed by atoms with Gasteiger partial charge < -0.3 is 19.7 Å². The number of carbonyl (C=O) groups excluding carboxylic acids is 2. The molecule has 2 amide bonds. The minimum absolute atomic E-state index is 0.0522. The molecule has 0 aromatic heterocycles. The van der Waals surface area contributed by atoms with Crippen LogP contribution in [0.15, 0.2) is 54.6 Å². The van der Waals surface area contributed by atoms with E-state index in [1.165, 1.54) is 0 Å². The highest BCUT2D eigenvalue weighted by molar-refractivity contribution is 5.87. The van der Waals surface area contributed by atoms with Crippen molar-refractivity contribution >= 4 is 11.8 Å². The first-order chi connectivity index (χ1) is 15.5. The molecule has 0 radical (unpaired) electrons. The molecule has 0 aliphatic carbocycles. The average molecular weight is 441 g/mol. The number of nitrogens with one attached hydrogen (secondary N) is 1. The molecular weight excluding hydrogens is 404 g/mol. The van der Waals surface area contributed by atoms with Gasteiger partial charge in [-0.05, 0) is 56.0 Å². The van der Waals surface area contributed by atoms with Crippen molar-refractivity contribution in [1.82, 2.24) is 10.2 Å². The molecule has 2 aromatic carbocycles. The maximum absolute atomic E-state index is 13.2. The summed E-state index contributed by atoms with van der Waals surface area (Å²) in [6.07, 6.45) is 2.28. The highest BCUT2D eigenvalue weighted by Gasteiger charge is 2.28. The van der Waals surface area contributed by atoms with E-state index in [1.807, 2.05) is 75.4 Å². The molecule has 0 aliphatic heterocycles. The van der Waals surface area contributed by atoms with Crippen molar-refractivity contribution in [3.63, 3.8) is 0 Å². The maximum Gasteiger partial charge on any atom is 0.243 e. The van der Waals surface area contributed by atoms with Crippen LogP contribution in [-0.4, -0.2) is 42.5 Å². The lowest BCUT2D eigenvalue weighted by Gasteiger charge is -2.31. The second kappa shape index (κ2) is 13.4. The summed E-state index contributed by atoms with van der Waals surface area (Å²) >= 11 is 0. The van der Waals surface area contributed by atoms with Gasteiger partial charge in [0.1, 0.15) is 17.5 Å². The summed E-state index contributed by atoms with van der Waals surface area (Å²) in [6, 6.07) is 16.7. The second-order valence-electron chi connectivity index (χ2n) is 7.88. The third-order valence-corrected chi connectivity index (χ3v) is 5.45. The van der Waals surface area contributed by atoms with Crippen molar-refractivity contribution in [3.8, 4) is 11.5 Å². The Hall–Kier alpha value is -3.02. The van der Waals surface area contributed by atoms with E-state index in [-0.39, 0.29) is 17.9 Å². The number of methoxy groups -OCH3 is 1. The van der Waals surface area contributed by atoms with Crippen LogP contribution in [0.4, 0.5) is 0 Å². The molecule has 1 N–H and O–H groups in total. The number of ether oxygens (including phenoxy) is 2. The van der Waals surface area contributed by atoms with E-state index in [0.29, 0.717) is 32.4 Å². The Balaban J connectivity index is 2.07. The van der Waals surface area contributed by atoms with Crippen LogP contribution in [0.2, 0.25) is 0 Å². The first-order valence-electron chi connectivity index (χ1n) is 11.4. The third kappa shape index (κ3) is 7.91. The van der Waals surface area contributed by atoms with Gasteiger partial charge in [0.2, 0.25) is 11.8 Å². The second-order valence-corrected chi connectivity index (χ2v) is 7.88. The summed E-state index contributed by atoms with van der Waals surface area (Å²) in [5.41, 5.74) is 0.953. The summed E-state index contributed by atoms with van der Waals surface area (Å²) in [4.78, 5) is 27.8. The molecule has 2 atom stereocenters. The highest BCUT2D eigenvalue weighted by Crippen LogP contribution is 2.18. The van der Waals surface area contributed by atoms with E-state index in [2.05, 4.69) is 5.32 Å². The van der Waals surface area contributed by atoms with Crippen LogP contribution >= 0.6 is 0 Å². The number of hydrogen-bond donors (Lipinski definition) is 1. The van der Waals surface area contributed by atoms with Crippen LogP contribution in [0.5, 0.6) is 11.5 Å². The zero-order valence-corrected chi connectivity index (χ0v) is 19.7. The number of rotatable bonds is 13. The molecule has 2 rings (SSSR count). The van der Waals surface area contributed by atoms with E-state index in [0.717, 1.165) is 23.5 Å². The maximum atomic E-state index is 13.2. The van der Waals surface area contributed by atoms with Crippen LogP contribution in [0.25, 0.3) is 0 Å². The van der Waals surface area contributed by atoms with Crippen molar-refractivity contribution < 1.29 is 19.1 Å². The molecule has 2 aromatic rings. The minimum atomic E-state index is -0.520. The topological polar surface area (TPSA) is 67.9 Å². The van der Waals surface area contributed by atoms with Gasteiger partial charge in [0.05, 0.1) is 13.7 Å². The number of nitrogens with zero attached hydrogens (tertiary/aromatic N) is 1. The Morgan fingerprint density at radius 1 is 0.969 bits per heavy atom.